The van der Waals surface area contributed by atoms with Gasteiger partial charge in [0.25, 0.3) is 0 Å². The molecule has 2 aliphatic rings. The zero-order chi connectivity index (χ0) is 28.6. The Balaban J connectivity index is 1.32. The molecule has 6 nitrogen and oxygen atoms in total. The largest absolute Gasteiger partial charge is 0.306 e. The van der Waals surface area contributed by atoms with E-state index in [-0.39, 0.29) is 22.6 Å². The van der Waals surface area contributed by atoms with Gasteiger partial charge in [-0.05, 0) is 97.7 Å². The molecular weight excluding hydrogens is 537 g/mol. The summed E-state index contributed by atoms with van der Waals surface area (Å²) in [5.41, 5.74) is 5.43. The molecule has 0 saturated heterocycles. The number of carbonyl (C=O) groups excluding carboxylic acids is 1. The quantitative estimate of drug-likeness (QED) is 0.273. The van der Waals surface area contributed by atoms with Crippen LogP contribution in [0.25, 0.3) is 0 Å². The van der Waals surface area contributed by atoms with E-state index in [0.717, 1.165) is 53.4 Å². The van der Waals surface area contributed by atoms with Crippen molar-refractivity contribution in [2.24, 2.45) is 5.92 Å². The van der Waals surface area contributed by atoms with Crippen molar-refractivity contribution in [1.82, 2.24) is 9.71 Å². The van der Waals surface area contributed by atoms with E-state index in [9.17, 15) is 17.6 Å². The Hall–Kier alpha value is -3.88. The summed E-state index contributed by atoms with van der Waals surface area (Å²) in [7, 11) is -3.95. The number of amides is 1. The van der Waals surface area contributed by atoms with Gasteiger partial charge in [0.2, 0.25) is 15.9 Å². The Morgan fingerprint density at radius 2 is 1.80 bits per heavy atom. The van der Waals surface area contributed by atoms with Crippen LogP contribution in [0.3, 0.4) is 0 Å². The van der Waals surface area contributed by atoms with Gasteiger partial charge in [-0.25, -0.2) is 17.5 Å². The Morgan fingerprint density at radius 3 is 2.59 bits per heavy atom. The molecule has 0 spiro atoms. The molecule has 41 heavy (non-hydrogen) atoms. The van der Waals surface area contributed by atoms with E-state index in [0.29, 0.717) is 18.7 Å². The number of aryl methyl sites for hydroxylation is 2. The predicted molar refractivity (Wildman–Crippen MR) is 156 cm³/mol. The average Bonchev–Trinajstić information content (AvgIpc) is 3.77. The number of anilines is 1. The molecule has 3 atom stereocenters. The third kappa shape index (κ3) is 5.94. The number of hydrogen-bond acceptors (Lipinski definition) is 4. The lowest BCUT2D eigenvalue weighted by Gasteiger charge is -2.29. The molecule has 1 amide bonds. The monoisotopic (exact) mass is 569 g/mol. The second-order valence-corrected chi connectivity index (χ2v) is 12.7. The van der Waals surface area contributed by atoms with Gasteiger partial charge < -0.3 is 4.90 Å². The van der Waals surface area contributed by atoms with Crippen molar-refractivity contribution in [2.45, 2.75) is 56.0 Å². The number of benzene rings is 3. The fraction of sp³-hybridized carbons (Fsp3) is 0.273. The molecule has 1 heterocycles. The first-order valence-corrected chi connectivity index (χ1v) is 15.5. The molecule has 1 fully saturated rings. The van der Waals surface area contributed by atoms with Crippen LogP contribution in [-0.4, -0.2) is 19.3 Å². The van der Waals surface area contributed by atoms with Crippen LogP contribution in [0.4, 0.5) is 10.1 Å². The molecule has 8 heteroatoms. The van der Waals surface area contributed by atoms with Crippen LogP contribution in [0.1, 0.15) is 59.3 Å². The van der Waals surface area contributed by atoms with Gasteiger partial charge in [-0.1, -0.05) is 48.5 Å². The first-order chi connectivity index (χ1) is 19.8. The normalized spacial score (nSPS) is 19.8. The molecule has 0 aliphatic heterocycles. The zero-order valence-electron chi connectivity index (χ0n) is 22.8. The molecule has 1 saturated carbocycles. The van der Waals surface area contributed by atoms with Crippen LogP contribution in [-0.2, 0) is 27.8 Å². The summed E-state index contributed by atoms with van der Waals surface area (Å²) in [6.07, 6.45) is 3.04. The molecular formula is C33H32FN3O3S. The Morgan fingerprint density at radius 1 is 1.00 bits per heavy atom. The van der Waals surface area contributed by atoms with Crippen molar-refractivity contribution < 1.29 is 17.6 Å². The van der Waals surface area contributed by atoms with Crippen molar-refractivity contribution in [1.29, 1.82) is 0 Å². The van der Waals surface area contributed by atoms with Gasteiger partial charge in [-0.2, -0.15) is 0 Å². The molecule has 3 aromatic carbocycles. The Bertz CT molecular complexity index is 1690. The molecule has 0 radical (unpaired) electrons. The van der Waals surface area contributed by atoms with Gasteiger partial charge in [-0.3, -0.25) is 9.78 Å². The van der Waals surface area contributed by atoms with E-state index in [2.05, 4.69) is 21.8 Å². The lowest BCUT2D eigenvalue weighted by molar-refractivity contribution is -0.120. The van der Waals surface area contributed by atoms with Crippen molar-refractivity contribution in [3.63, 3.8) is 0 Å². The van der Waals surface area contributed by atoms with E-state index in [1.807, 2.05) is 61.5 Å². The highest BCUT2D eigenvalue weighted by molar-refractivity contribution is 7.89. The number of nitrogens with one attached hydrogen (secondary N) is 1. The van der Waals surface area contributed by atoms with Gasteiger partial charge in [-0.15, -0.1) is 0 Å². The molecule has 1 N–H and O–H groups in total. The highest BCUT2D eigenvalue weighted by atomic mass is 32.2. The lowest BCUT2D eigenvalue weighted by atomic mass is 9.87. The second-order valence-electron chi connectivity index (χ2n) is 11.0. The predicted octanol–water partition coefficient (Wildman–Crippen LogP) is 6.22. The number of hydrogen-bond donors (Lipinski definition) is 1. The van der Waals surface area contributed by atoms with Gasteiger partial charge in [0.15, 0.2) is 0 Å². The fourth-order valence-electron chi connectivity index (χ4n) is 5.85. The number of halogens is 1. The molecule has 210 valence electrons. The van der Waals surface area contributed by atoms with Crippen LogP contribution < -0.4 is 9.62 Å². The zero-order valence-corrected chi connectivity index (χ0v) is 23.6. The summed E-state index contributed by atoms with van der Waals surface area (Å²) >= 11 is 0. The molecule has 0 bridgehead atoms. The molecule has 3 unspecified atom stereocenters. The minimum absolute atomic E-state index is 0.0369. The summed E-state index contributed by atoms with van der Waals surface area (Å²) < 4.78 is 43.0. The van der Waals surface area contributed by atoms with Crippen molar-refractivity contribution in [2.75, 3.05) is 4.90 Å². The molecule has 2 aliphatic carbocycles. The van der Waals surface area contributed by atoms with E-state index >= 15 is 0 Å². The summed E-state index contributed by atoms with van der Waals surface area (Å²) in [4.78, 5) is 20.4. The van der Waals surface area contributed by atoms with E-state index in [1.165, 1.54) is 18.2 Å². The summed E-state index contributed by atoms with van der Waals surface area (Å²) in [6, 6.07) is 26.3. The number of carbonyl (C=O) groups is 1. The first kappa shape index (κ1) is 27.3. The number of nitrogens with zero attached hydrogens (tertiary/aromatic N) is 2. The number of rotatable bonds is 8. The maximum absolute atomic E-state index is 14.0. The van der Waals surface area contributed by atoms with Gasteiger partial charge in [0, 0.05) is 23.3 Å². The van der Waals surface area contributed by atoms with Crippen molar-refractivity contribution >= 4 is 21.6 Å². The van der Waals surface area contributed by atoms with Crippen molar-refractivity contribution in [3.8, 4) is 0 Å². The summed E-state index contributed by atoms with van der Waals surface area (Å²) in [5.74, 6) is -0.512. The van der Waals surface area contributed by atoms with Crippen LogP contribution >= 0.6 is 0 Å². The minimum Gasteiger partial charge on any atom is -0.306 e. The van der Waals surface area contributed by atoms with Crippen LogP contribution in [0, 0.1) is 18.7 Å². The Kier molecular flexibility index (Phi) is 7.45. The fourth-order valence-corrected chi connectivity index (χ4v) is 7.13. The standard InChI is InChI=1S/C33H32FN3O3S/c1-22-8-5-13-26(35-22)21-37(33(38)31-20-29(31)23-9-3-2-4-10-23)27-17-16-24-11-6-15-32(30(24)19-27)36-41(39,40)28-14-7-12-25(34)18-28/h2-5,7-10,12-14,16-19,29,31-32,36H,6,11,15,20-21H2,1H3. The van der Waals surface area contributed by atoms with E-state index in [1.54, 1.807) is 4.90 Å². The van der Waals surface area contributed by atoms with Crippen molar-refractivity contribution in [3.05, 3.63) is 125 Å². The number of aromatic nitrogens is 1. The first-order valence-electron chi connectivity index (χ1n) is 14.0. The van der Waals surface area contributed by atoms with E-state index in [4.69, 9.17) is 0 Å². The van der Waals surface area contributed by atoms with Gasteiger partial charge in [0.05, 0.1) is 17.1 Å². The molecule has 4 aromatic rings. The Labute approximate surface area is 240 Å². The topological polar surface area (TPSA) is 79.4 Å². The third-order valence-corrected chi connectivity index (χ3v) is 9.50. The maximum atomic E-state index is 14.0. The second kappa shape index (κ2) is 11.2. The van der Waals surface area contributed by atoms with Crippen LogP contribution in [0.5, 0.6) is 0 Å². The van der Waals surface area contributed by atoms with Gasteiger partial charge >= 0.3 is 0 Å². The average molecular weight is 570 g/mol. The molecule has 1 aromatic heterocycles. The number of sulfonamides is 1. The highest BCUT2D eigenvalue weighted by Gasteiger charge is 2.46. The summed E-state index contributed by atoms with van der Waals surface area (Å²) in [5, 5.41) is 0. The maximum Gasteiger partial charge on any atom is 0.241 e. The van der Waals surface area contributed by atoms with Gasteiger partial charge in [0.1, 0.15) is 5.82 Å². The highest BCUT2D eigenvalue weighted by Crippen LogP contribution is 2.49. The van der Waals surface area contributed by atoms with Crippen LogP contribution in [0.2, 0.25) is 0 Å². The third-order valence-electron chi connectivity index (χ3n) is 8.03. The van der Waals surface area contributed by atoms with Crippen LogP contribution in [0.15, 0.2) is 95.9 Å². The minimum atomic E-state index is -3.95. The summed E-state index contributed by atoms with van der Waals surface area (Å²) in [6.45, 7) is 2.24. The lowest BCUT2D eigenvalue weighted by Crippen LogP contribution is -2.34. The van der Waals surface area contributed by atoms with E-state index < -0.39 is 21.9 Å². The SMILES string of the molecule is Cc1cccc(CN(C(=O)C2CC2c2ccccc2)c2ccc3c(c2)C(NS(=O)(=O)c2cccc(F)c2)CCC3)n1. The molecule has 6 rings (SSSR count). The number of fused-ring (bicyclic) bond motifs is 1. The smallest absolute Gasteiger partial charge is 0.241 e. The number of pyridine rings is 1.